The second-order valence-corrected chi connectivity index (χ2v) is 15.5. The predicted molar refractivity (Wildman–Crippen MR) is 216 cm³/mol. The molecule has 0 rings (SSSR count). The van der Waals surface area contributed by atoms with Crippen molar-refractivity contribution in [3.05, 3.63) is 0 Å². The van der Waals surface area contributed by atoms with E-state index in [2.05, 4.69) is 44.7 Å². The molecule has 0 saturated carbocycles. The van der Waals surface area contributed by atoms with Crippen LogP contribution in [0.25, 0.3) is 0 Å². The van der Waals surface area contributed by atoms with E-state index in [0.717, 1.165) is 77.5 Å². The summed E-state index contributed by atoms with van der Waals surface area (Å²) in [6.07, 6.45) is 36.3. The van der Waals surface area contributed by atoms with E-state index in [1.807, 2.05) is 0 Å². The number of carbonyl (C=O) groups excluding carboxylic acids is 2. The van der Waals surface area contributed by atoms with Crippen molar-refractivity contribution in [2.75, 3.05) is 46.9 Å². The van der Waals surface area contributed by atoms with Crippen LogP contribution in [0.2, 0.25) is 0 Å². The Morgan fingerprint density at radius 3 is 1.34 bits per heavy atom. The minimum atomic E-state index is -0.0137. The highest BCUT2D eigenvalue weighted by Gasteiger charge is 2.15. The molecule has 0 aromatic rings. The van der Waals surface area contributed by atoms with E-state index in [9.17, 15) is 9.59 Å². The fraction of sp³-hybridized carbons (Fsp3) is 0.955. The lowest BCUT2D eigenvalue weighted by molar-refractivity contribution is -0.150. The number of nitrogens with zero attached hydrogens (tertiary/aromatic N) is 2. The highest BCUT2D eigenvalue weighted by atomic mass is 16.5. The lowest BCUT2D eigenvalue weighted by Crippen LogP contribution is -2.33. The molecule has 0 N–H and O–H groups in total. The smallest absolute Gasteiger partial charge is 0.306 e. The topological polar surface area (TPSA) is 59.1 Å². The highest BCUT2D eigenvalue weighted by molar-refractivity contribution is 5.69. The van der Waals surface area contributed by atoms with Crippen molar-refractivity contribution < 1.29 is 19.1 Å². The number of likely N-dealkylation sites (N-methyl/N-ethyl adjacent to an activating group) is 1. The summed E-state index contributed by atoms with van der Waals surface area (Å²) < 4.78 is 11.5. The molecule has 6 heteroatoms. The average Bonchev–Trinajstić information content (AvgIpc) is 3.10. The van der Waals surface area contributed by atoms with Crippen molar-refractivity contribution in [1.29, 1.82) is 0 Å². The number of ether oxygens (including phenoxy) is 2. The van der Waals surface area contributed by atoms with Gasteiger partial charge in [0.25, 0.3) is 0 Å². The van der Waals surface area contributed by atoms with Gasteiger partial charge in [0.15, 0.2) is 0 Å². The largest absolute Gasteiger partial charge is 0.466 e. The number of carbonyl (C=O) groups is 2. The van der Waals surface area contributed by atoms with Gasteiger partial charge in [-0.05, 0) is 85.0 Å². The Morgan fingerprint density at radius 2 is 0.840 bits per heavy atom. The van der Waals surface area contributed by atoms with E-state index in [-0.39, 0.29) is 18.0 Å². The molecule has 0 bridgehead atoms. The molecule has 0 aliphatic heterocycles. The van der Waals surface area contributed by atoms with E-state index < -0.39 is 0 Å². The molecule has 0 aliphatic carbocycles. The molecule has 0 aromatic heterocycles. The summed E-state index contributed by atoms with van der Waals surface area (Å²) >= 11 is 0. The normalized spacial score (nSPS) is 11.7. The lowest BCUT2D eigenvalue weighted by Gasteiger charge is -2.24. The highest BCUT2D eigenvalue weighted by Crippen LogP contribution is 2.18. The summed E-state index contributed by atoms with van der Waals surface area (Å²) in [4.78, 5) is 29.7. The van der Waals surface area contributed by atoms with Crippen LogP contribution in [0.4, 0.5) is 0 Å². The van der Waals surface area contributed by atoms with Crippen LogP contribution in [0.1, 0.15) is 220 Å². The molecule has 0 aliphatic rings. The zero-order valence-electron chi connectivity index (χ0n) is 34.6. The molecule has 0 saturated heterocycles. The Balaban J connectivity index is 4.19. The first-order chi connectivity index (χ1) is 24.4. The Morgan fingerprint density at radius 1 is 0.440 bits per heavy atom. The first kappa shape index (κ1) is 48.9. The van der Waals surface area contributed by atoms with Crippen molar-refractivity contribution in [3.63, 3.8) is 0 Å². The third-order valence-electron chi connectivity index (χ3n) is 10.1. The summed E-state index contributed by atoms with van der Waals surface area (Å²) in [5.74, 6) is 0.0121. The molecule has 0 radical (unpaired) electrons. The van der Waals surface area contributed by atoms with Gasteiger partial charge < -0.3 is 19.3 Å². The van der Waals surface area contributed by atoms with E-state index in [0.29, 0.717) is 19.4 Å². The van der Waals surface area contributed by atoms with Gasteiger partial charge in [-0.25, -0.2) is 0 Å². The molecule has 0 unspecified atom stereocenters. The van der Waals surface area contributed by atoms with E-state index in [1.54, 1.807) is 0 Å². The number of esters is 2. The van der Waals surface area contributed by atoms with Crippen molar-refractivity contribution in [1.82, 2.24) is 9.80 Å². The monoisotopic (exact) mass is 709 g/mol. The SMILES string of the molecule is CCCCCCCCCOC(=O)CCCCCCCN(CCCCCC(=O)OC(CCCCCCCC)CCCCCCCC)CCN(C)C. The van der Waals surface area contributed by atoms with Crippen LogP contribution < -0.4 is 0 Å². The second kappa shape index (κ2) is 39.1. The Bertz CT molecular complexity index is 700. The van der Waals surface area contributed by atoms with Crippen LogP contribution in [0.5, 0.6) is 0 Å². The molecule has 0 heterocycles. The fourth-order valence-electron chi connectivity index (χ4n) is 6.72. The standard InChI is InChI=1S/C44H88N2O4/c1-6-9-12-15-18-24-32-41-49-43(47)35-28-22-19-23-30-37-46(40-39-45(4)5)38-31-25-29-36-44(48)50-42(33-26-20-16-13-10-7-2)34-27-21-17-14-11-8-3/h42H,6-41H2,1-5H3. The summed E-state index contributed by atoms with van der Waals surface area (Å²) in [5.41, 5.74) is 0. The van der Waals surface area contributed by atoms with Gasteiger partial charge in [-0.2, -0.15) is 0 Å². The number of hydrogen-bond donors (Lipinski definition) is 0. The third-order valence-corrected chi connectivity index (χ3v) is 10.1. The zero-order chi connectivity index (χ0) is 36.8. The van der Waals surface area contributed by atoms with Crippen molar-refractivity contribution >= 4 is 11.9 Å². The van der Waals surface area contributed by atoms with Crippen LogP contribution in [0, 0.1) is 0 Å². The van der Waals surface area contributed by atoms with Gasteiger partial charge in [-0.15, -0.1) is 0 Å². The Labute approximate surface area is 313 Å². The van der Waals surface area contributed by atoms with Gasteiger partial charge in [0.2, 0.25) is 0 Å². The Kier molecular flexibility index (Phi) is 38.2. The molecular formula is C44H88N2O4. The van der Waals surface area contributed by atoms with Crippen LogP contribution >= 0.6 is 0 Å². The number of unbranched alkanes of at least 4 members (excludes halogenated alkanes) is 22. The molecule has 6 nitrogen and oxygen atoms in total. The lowest BCUT2D eigenvalue weighted by atomic mass is 10.0. The molecule has 0 aromatic carbocycles. The molecule has 0 spiro atoms. The van der Waals surface area contributed by atoms with Gasteiger partial charge in [-0.1, -0.05) is 149 Å². The summed E-state index contributed by atoms with van der Waals surface area (Å²) in [6, 6.07) is 0. The molecule has 0 atom stereocenters. The predicted octanol–water partition coefficient (Wildman–Crippen LogP) is 12.5. The number of hydrogen-bond acceptors (Lipinski definition) is 6. The van der Waals surface area contributed by atoms with Gasteiger partial charge in [0, 0.05) is 25.9 Å². The number of rotatable bonds is 40. The van der Waals surface area contributed by atoms with Crippen LogP contribution in [-0.4, -0.2) is 74.7 Å². The van der Waals surface area contributed by atoms with Crippen LogP contribution in [0.15, 0.2) is 0 Å². The van der Waals surface area contributed by atoms with E-state index in [4.69, 9.17) is 9.47 Å². The Hall–Kier alpha value is -1.14. The van der Waals surface area contributed by atoms with Crippen LogP contribution in [-0.2, 0) is 19.1 Å². The van der Waals surface area contributed by atoms with Crippen molar-refractivity contribution in [2.24, 2.45) is 0 Å². The first-order valence-corrected chi connectivity index (χ1v) is 22.1. The van der Waals surface area contributed by atoms with Crippen LogP contribution in [0.3, 0.4) is 0 Å². The molecule has 298 valence electrons. The first-order valence-electron chi connectivity index (χ1n) is 22.1. The van der Waals surface area contributed by atoms with E-state index >= 15 is 0 Å². The minimum absolute atomic E-state index is 0.0137. The maximum atomic E-state index is 12.8. The molecular weight excluding hydrogens is 620 g/mol. The summed E-state index contributed by atoms with van der Waals surface area (Å²) in [7, 11) is 4.30. The maximum Gasteiger partial charge on any atom is 0.306 e. The fourth-order valence-corrected chi connectivity index (χ4v) is 6.72. The molecule has 0 amide bonds. The molecule has 0 fully saturated rings. The van der Waals surface area contributed by atoms with Crippen molar-refractivity contribution in [2.45, 2.75) is 226 Å². The summed E-state index contributed by atoms with van der Waals surface area (Å²) in [5, 5.41) is 0. The average molecular weight is 709 g/mol. The van der Waals surface area contributed by atoms with Gasteiger partial charge in [-0.3, -0.25) is 9.59 Å². The molecule has 50 heavy (non-hydrogen) atoms. The van der Waals surface area contributed by atoms with Gasteiger partial charge in [0.1, 0.15) is 6.10 Å². The van der Waals surface area contributed by atoms with Crippen molar-refractivity contribution in [3.8, 4) is 0 Å². The quantitative estimate of drug-likeness (QED) is 0.0466. The van der Waals surface area contributed by atoms with E-state index in [1.165, 1.54) is 135 Å². The minimum Gasteiger partial charge on any atom is -0.466 e. The summed E-state index contributed by atoms with van der Waals surface area (Å²) in [6.45, 7) is 11.8. The van der Waals surface area contributed by atoms with Gasteiger partial charge in [0.05, 0.1) is 6.61 Å². The third kappa shape index (κ3) is 36.6. The second-order valence-electron chi connectivity index (χ2n) is 15.5. The zero-order valence-corrected chi connectivity index (χ0v) is 34.6. The van der Waals surface area contributed by atoms with Gasteiger partial charge >= 0.3 is 11.9 Å². The maximum absolute atomic E-state index is 12.8.